The van der Waals surface area contributed by atoms with E-state index in [1.165, 1.54) is 44.1 Å². The number of fused-ring (bicyclic) bond motifs is 2. The number of aromatic nitrogens is 16. The molecule has 0 radical (unpaired) electrons. The number of carbonyl (C=O) groups is 4. The maximum absolute atomic E-state index is 14.8. The lowest BCUT2D eigenvalue weighted by molar-refractivity contribution is -0.127. The first-order valence-electron chi connectivity index (χ1n) is 22.8. The van der Waals surface area contributed by atoms with Crippen LogP contribution in [0, 0.1) is 18.6 Å². The van der Waals surface area contributed by atoms with Gasteiger partial charge in [0, 0.05) is 77.1 Å². The monoisotopic (exact) mass is 986 g/mol. The van der Waals surface area contributed by atoms with E-state index in [2.05, 4.69) is 80.5 Å². The van der Waals surface area contributed by atoms with Gasteiger partial charge in [-0.1, -0.05) is 17.3 Å². The maximum Gasteiger partial charge on any atom is 0.295 e. The van der Waals surface area contributed by atoms with Crippen LogP contribution in [-0.2, 0) is 9.59 Å². The Bertz CT molecular complexity index is 3650. The highest BCUT2D eigenvalue weighted by molar-refractivity contribution is 6.45. The number of rotatable bonds is 10. The van der Waals surface area contributed by atoms with E-state index in [1.807, 2.05) is 36.4 Å². The number of amides is 2. The molecule has 0 bridgehead atoms. The Morgan fingerprint density at radius 2 is 1.07 bits per heavy atom. The molecule has 366 valence electrons. The molecule has 0 saturated carbocycles. The summed E-state index contributed by atoms with van der Waals surface area (Å²) in [6, 6.07) is 11.3. The number of hydrogen-bond donors (Lipinski definition) is 4. The van der Waals surface area contributed by atoms with Crippen LogP contribution in [-0.4, -0.2) is 166 Å². The molecule has 73 heavy (non-hydrogen) atoms. The first-order chi connectivity index (χ1) is 35.6. The highest BCUT2D eigenvalue weighted by atomic mass is 19.1. The molecule has 12 heterocycles. The van der Waals surface area contributed by atoms with Gasteiger partial charge in [0.25, 0.3) is 23.4 Å². The predicted octanol–water partition coefficient (Wildman–Crippen LogP) is 3.51. The van der Waals surface area contributed by atoms with Crippen LogP contribution in [0.4, 0.5) is 20.2 Å². The second-order valence-electron chi connectivity index (χ2n) is 16.8. The second-order valence-corrected chi connectivity index (χ2v) is 16.8. The topological polar surface area (TPSA) is 283 Å². The minimum Gasteiger partial charge on any atom is -0.365 e. The van der Waals surface area contributed by atoms with Crippen molar-refractivity contribution < 1.29 is 28.0 Å². The van der Waals surface area contributed by atoms with Gasteiger partial charge in [-0.3, -0.25) is 39.3 Å². The van der Waals surface area contributed by atoms with Crippen LogP contribution < -0.4 is 9.80 Å². The number of hydrogen-bond acceptors (Lipinski definition) is 16. The third kappa shape index (κ3) is 8.54. The van der Waals surface area contributed by atoms with Crippen molar-refractivity contribution in [3.63, 3.8) is 0 Å². The van der Waals surface area contributed by atoms with Crippen molar-refractivity contribution in [2.75, 3.05) is 62.2 Å². The largest absolute Gasteiger partial charge is 0.365 e. The standard InChI is InChI=1S/C24H21FN10O2.C23H19FN10O2/c1-14-29-13-35(32-14)23-21-19(16(25)11-28-23)15(10-27-21)22(36)24(37)34-8-6-33(7-9-34)18-12-30-31-20(18)17-4-2-3-5-26-17;24-15-12-27-22(34-6-5-28-31-34)20-18(15)14(11-26-20)21(35)23(36)33-9-7-32(8-10-33)17-13-29-30-19(17)16-3-1-2-4-25-16/h2-5,10-13,27H,6-9H2,1H3,(H,30,31);1-6,11-13,26H,7-10H2,(H,29,30). The third-order valence-corrected chi connectivity index (χ3v) is 12.5. The molecule has 26 heteroatoms. The summed E-state index contributed by atoms with van der Waals surface area (Å²) in [6.07, 6.45) is 16.0. The summed E-state index contributed by atoms with van der Waals surface area (Å²) >= 11 is 0. The number of H-pyrrole nitrogens is 4. The summed E-state index contributed by atoms with van der Waals surface area (Å²) in [6.45, 7) is 5.02. The van der Waals surface area contributed by atoms with Gasteiger partial charge in [-0.15, -0.1) is 5.10 Å². The van der Waals surface area contributed by atoms with E-state index in [1.54, 1.807) is 37.9 Å². The van der Waals surface area contributed by atoms with Gasteiger partial charge in [0.15, 0.2) is 23.3 Å². The Morgan fingerprint density at radius 1 is 0.575 bits per heavy atom. The normalized spacial score (nSPS) is 13.9. The number of ketones is 2. The van der Waals surface area contributed by atoms with E-state index in [0.717, 1.165) is 46.5 Å². The lowest BCUT2D eigenvalue weighted by atomic mass is 10.1. The Morgan fingerprint density at radius 3 is 1.49 bits per heavy atom. The van der Waals surface area contributed by atoms with E-state index in [9.17, 15) is 28.0 Å². The molecule has 10 aromatic heterocycles. The van der Waals surface area contributed by atoms with Crippen LogP contribution in [0.5, 0.6) is 0 Å². The van der Waals surface area contributed by atoms with Crippen molar-refractivity contribution in [1.82, 2.24) is 89.9 Å². The average Bonchev–Trinajstić information content (AvgIpc) is 4.31. The Balaban J connectivity index is 0.000000157. The summed E-state index contributed by atoms with van der Waals surface area (Å²) < 4.78 is 32.3. The summed E-state index contributed by atoms with van der Waals surface area (Å²) in [5, 5.41) is 26.1. The first kappa shape index (κ1) is 45.6. The highest BCUT2D eigenvalue weighted by Crippen LogP contribution is 2.31. The first-order valence-corrected chi connectivity index (χ1v) is 22.8. The summed E-state index contributed by atoms with van der Waals surface area (Å²) in [7, 11) is 0. The smallest absolute Gasteiger partial charge is 0.295 e. The van der Waals surface area contributed by atoms with Gasteiger partial charge < -0.3 is 29.6 Å². The molecule has 12 rings (SSSR count). The number of halogens is 2. The van der Waals surface area contributed by atoms with Crippen LogP contribution in [0.1, 0.15) is 26.5 Å². The van der Waals surface area contributed by atoms with Crippen molar-refractivity contribution in [1.29, 1.82) is 0 Å². The van der Waals surface area contributed by atoms with Gasteiger partial charge in [-0.05, 0) is 31.2 Å². The molecule has 2 aliphatic rings. The number of anilines is 2. The number of aromatic amines is 4. The molecule has 2 saturated heterocycles. The minimum atomic E-state index is -0.790. The lowest BCUT2D eigenvalue weighted by Gasteiger charge is -2.35. The molecule has 0 atom stereocenters. The molecule has 2 fully saturated rings. The maximum atomic E-state index is 14.8. The molecule has 2 aliphatic heterocycles. The molecular formula is C47H40F2N20O4. The Kier molecular flexibility index (Phi) is 11.9. The Labute approximate surface area is 410 Å². The zero-order chi connectivity index (χ0) is 50.2. The van der Waals surface area contributed by atoms with E-state index in [0.29, 0.717) is 58.2 Å². The van der Waals surface area contributed by atoms with Crippen molar-refractivity contribution in [2.45, 2.75) is 6.92 Å². The quantitative estimate of drug-likeness (QED) is 0.113. The fourth-order valence-corrected chi connectivity index (χ4v) is 8.92. The minimum absolute atomic E-state index is 0.00598. The fraction of sp³-hybridized carbons (Fsp3) is 0.191. The molecule has 0 aliphatic carbocycles. The predicted molar refractivity (Wildman–Crippen MR) is 257 cm³/mol. The molecule has 24 nitrogen and oxygen atoms in total. The number of aryl methyl sites for hydroxylation is 1. The number of nitrogens with zero attached hydrogens (tertiary/aromatic N) is 16. The van der Waals surface area contributed by atoms with E-state index < -0.39 is 35.0 Å². The van der Waals surface area contributed by atoms with Gasteiger partial charge in [0.1, 0.15) is 23.5 Å². The molecule has 0 spiro atoms. The van der Waals surface area contributed by atoms with Gasteiger partial charge in [0.05, 0.1) is 92.9 Å². The zero-order valence-electron chi connectivity index (χ0n) is 38.5. The van der Waals surface area contributed by atoms with Gasteiger partial charge in [-0.25, -0.2) is 33.1 Å². The van der Waals surface area contributed by atoms with Crippen LogP contribution >= 0.6 is 0 Å². The molecule has 2 amide bonds. The average molecular weight is 987 g/mol. The van der Waals surface area contributed by atoms with Crippen molar-refractivity contribution in [3.05, 3.63) is 133 Å². The molecular weight excluding hydrogens is 947 g/mol. The molecule has 10 aromatic rings. The van der Waals surface area contributed by atoms with Gasteiger partial charge in [0.2, 0.25) is 0 Å². The molecule has 0 aromatic carbocycles. The van der Waals surface area contributed by atoms with Crippen LogP contribution in [0.2, 0.25) is 0 Å². The Hall–Kier alpha value is -9.88. The van der Waals surface area contributed by atoms with Crippen molar-refractivity contribution in [3.8, 4) is 34.4 Å². The van der Waals surface area contributed by atoms with Gasteiger partial charge in [-0.2, -0.15) is 15.3 Å². The zero-order valence-corrected chi connectivity index (χ0v) is 38.5. The van der Waals surface area contributed by atoms with Crippen molar-refractivity contribution in [2.24, 2.45) is 0 Å². The number of piperazine rings is 2. The van der Waals surface area contributed by atoms with Gasteiger partial charge >= 0.3 is 0 Å². The fourth-order valence-electron chi connectivity index (χ4n) is 8.92. The van der Waals surface area contributed by atoms with E-state index in [4.69, 9.17) is 0 Å². The number of carbonyl (C=O) groups excluding carboxylic acids is 4. The second kappa shape index (κ2) is 19.1. The van der Waals surface area contributed by atoms with Crippen LogP contribution in [0.15, 0.2) is 105 Å². The van der Waals surface area contributed by atoms with E-state index >= 15 is 0 Å². The lowest BCUT2D eigenvalue weighted by Crippen LogP contribution is -2.50. The highest BCUT2D eigenvalue weighted by Gasteiger charge is 2.33. The summed E-state index contributed by atoms with van der Waals surface area (Å²) in [4.78, 5) is 86.4. The number of nitrogens with one attached hydrogen (secondary N) is 4. The molecule has 0 unspecified atom stereocenters. The summed E-state index contributed by atoms with van der Waals surface area (Å²) in [5.74, 6) is -3.31. The number of pyridine rings is 4. The van der Waals surface area contributed by atoms with Crippen LogP contribution in [0.3, 0.4) is 0 Å². The number of Topliss-reactive ketones (excluding diaryl/α,β-unsaturated/α-hetero) is 2. The van der Waals surface area contributed by atoms with Crippen molar-refractivity contribution >= 4 is 56.6 Å². The van der Waals surface area contributed by atoms with E-state index in [-0.39, 0.29) is 44.6 Å². The molecule has 4 N–H and O–H groups in total. The SMILES string of the molecule is Cc1ncn(-c2ncc(F)c3c(C(=O)C(=O)N4CCN(c5cn[nH]c5-c5ccccn5)CC4)c[nH]c23)n1.O=C(C(=O)N1CCN(c2cn[nH]c2-c2ccccn2)CC1)c1c[nH]c2c(-n3ccnn3)ncc(F)c12. The third-order valence-electron chi connectivity index (χ3n) is 12.5. The summed E-state index contributed by atoms with van der Waals surface area (Å²) in [5.41, 5.74) is 5.27. The van der Waals surface area contributed by atoms with Crippen LogP contribution in [0.25, 0.3) is 56.2 Å².